The average Bonchev–Trinajstić information content (AvgIpc) is 2.99. The molecule has 2 aliphatic rings. The summed E-state index contributed by atoms with van der Waals surface area (Å²) in [6, 6.07) is 15.2. The van der Waals surface area contributed by atoms with Gasteiger partial charge >= 0.3 is 0 Å². The third-order valence-electron chi connectivity index (χ3n) is 7.47. The van der Waals surface area contributed by atoms with Crippen LogP contribution in [0.5, 0.6) is 51.7 Å². The van der Waals surface area contributed by atoms with Crippen LogP contribution >= 0.6 is 0 Å². The number of ether oxygens (including phenoxy) is 2. The number of Topliss-reactive ketones (excluding diaryl/α,β-unsaturated/α-hetero) is 1. The van der Waals surface area contributed by atoms with Gasteiger partial charge in [0.1, 0.15) is 68.5 Å². The third kappa shape index (κ3) is 8.83. The number of aromatic hydroxyl groups is 7. The van der Waals surface area contributed by atoms with Crippen molar-refractivity contribution >= 4 is 23.7 Å². The van der Waals surface area contributed by atoms with Gasteiger partial charge in [-0.15, -0.1) is 0 Å². The third-order valence-corrected chi connectivity index (χ3v) is 7.47. The average molecular weight is 671 g/mol. The highest BCUT2D eigenvalue weighted by Gasteiger charge is 2.30. The second-order valence-electron chi connectivity index (χ2n) is 12.0. The van der Waals surface area contributed by atoms with E-state index >= 15 is 0 Å². The summed E-state index contributed by atoms with van der Waals surface area (Å²) >= 11 is 0. The fourth-order valence-electron chi connectivity index (χ4n) is 5.12. The highest BCUT2D eigenvalue weighted by molar-refractivity contribution is 6.11. The number of hydrogen-bond donors (Lipinski definition) is 7. The summed E-state index contributed by atoms with van der Waals surface area (Å²) in [4.78, 5) is 24.0. The Bertz CT molecular complexity index is 1870. The SMILES string of the molecule is CC(=O)c1c(O)cc(O)c2c1OC(C)CC2.CC1(C)C=Cc2c(O)cc(O)c(C(=O)/C=C/c3ccccc3)c2O1.Oc1cc(O)cc(O)c1. The Morgan fingerprint density at radius 2 is 1.35 bits per heavy atom. The van der Waals surface area contributed by atoms with Crippen molar-refractivity contribution in [2.45, 2.75) is 52.2 Å². The predicted molar refractivity (Wildman–Crippen MR) is 183 cm³/mol. The lowest BCUT2D eigenvalue weighted by Crippen LogP contribution is -2.28. The van der Waals surface area contributed by atoms with Crippen molar-refractivity contribution in [1.29, 1.82) is 0 Å². The van der Waals surface area contributed by atoms with Crippen molar-refractivity contribution in [2.75, 3.05) is 0 Å². The van der Waals surface area contributed by atoms with E-state index in [-0.39, 0.29) is 69.0 Å². The molecular formula is C38H38O11. The first-order valence-electron chi connectivity index (χ1n) is 15.3. The minimum absolute atomic E-state index is 0.00759. The summed E-state index contributed by atoms with van der Waals surface area (Å²) in [6.45, 7) is 6.94. The topological polar surface area (TPSA) is 194 Å². The van der Waals surface area contributed by atoms with Crippen molar-refractivity contribution in [3.8, 4) is 51.7 Å². The molecule has 1 atom stereocenters. The normalized spacial score (nSPS) is 15.2. The molecular weight excluding hydrogens is 632 g/mol. The minimum atomic E-state index is -0.634. The lowest BCUT2D eigenvalue weighted by atomic mass is 9.96. The summed E-state index contributed by atoms with van der Waals surface area (Å²) in [5.74, 6) is -1.22. The summed E-state index contributed by atoms with van der Waals surface area (Å²) < 4.78 is 11.4. The van der Waals surface area contributed by atoms with Crippen LogP contribution in [-0.2, 0) is 6.42 Å². The van der Waals surface area contributed by atoms with E-state index in [0.717, 1.165) is 36.2 Å². The lowest BCUT2D eigenvalue weighted by Gasteiger charge is -2.29. The van der Waals surface area contributed by atoms with Gasteiger partial charge in [-0.1, -0.05) is 36.4 Å². The van der Waals surface area contributed by atoms with Crippen LogP contribution in [0.25, 0.3) is 12.2 Å². The number of rotatable bonds is 4. The van der Waals surface area contributed by atoms with Gasteiger partial charge in [0.05, 0.1) is 11.7 Å². The van der Waals surface area contributed by atoms with Crippen LogP contribution < -0.4 is 9.47 Å². The van der Waals surface area contributed by atoms with Crippen LogP contribution in [0.15, 0.2) is 72.8 Å². The summed E-state index contributed by atoms with van der Waals surface area (Å²) in [6.07, 6.45) is 7.99. The molecule has 7 N–H and O–H groups in total. The Morgan fingerprint density at radius 3 is 1.94 bits per heavy atom. The van der Waals surface area contributed by atoms with E-state index in [9.17, 15) is 30.0 Å². The molecule has 0 fully saturated rings. The fourth-order valence-corrected chi connectivity index (χ4v) is 5.12. The predicted octanol–water partition coefficient (Wildman–Crippen LogP) is 7.00. The van der Waals surface area contributed by atoms with E-state index in [2.05, 4.69) is 0 Å². The van der Waals surface area contributed by atoms with Crippen LogP contribution in [0.3, 0.4) is 0 Å². The summed E-state index contributed by atoms with van der Waals surface area (Å²) in [5.41, 5.74) is 1.46. The second-order valence-corrected chi connectivity index (χ2v) is 12.0. The number of carbonyl (C=O) groups excluding carboxylic acids is 2. The minimum Gasteiger partial charge on any atom is -0.508 e. The van der Waals surface area contributed by atoms with Gasteiger partial charge in [0.2, 0.25) is 0 Å². The molecule has 2 aliphatic heterocycles. The van der Waals surface area contributed by atoms with E-state index in [0.29, 0.717) is 23.3 Å². The molecule has 0 aliphatic carbocycles. The number of carbonyl (C=O) groups is 2. The molecule has 0 radical (unpaired) electrons. The standard InChI is InChI=1S/C20H18O4.C12H14O4.C6H6O3/c1-20(2)11-10-14-16(22)12-17(23)18(19(14)24-20)15(21)9-8-13-6-4-3-5-7-13;1-6-3-4-8-9(14)5-10(15)11(7(2)13)12(8)16-6;7-4-1-5(8)3-6(9)2-4/h3-12,22-23H,1-2H3;5-6,14-15H,3-4H2,1-2H3;1-3,7-9H/b9-8+;;. The Morgan fingerprint density at radius 1 is 0.776 bits per heavy atom. The molecule has 11 heteroatoms. The van der Waals surface area contributed by atoms with Gasteiger partial charge in [0.25, 0.3) is 0 Å². The van der Waals surface area contributed by atoms with Crippen molar-refractivity contribution in [2.24, 2.45) is 0 Å². The van der Waals surface area contributed by atoms with Crippen LogP contribution in [-0.4, -0.2) is 59.0 Å². The molecule has 1 unspecified atom stereocenters. The Kier molecular flexibility index (Phi) is 10.8. The molecule has 256 valence electrons. The molecule has 49 heavy (non-hydrogen) atoms. The van der Waals surface area contributed by atoms with E-state index in [4.69, 9.17) is 24.8 Å². The molecule has 4 aromatic carbocycles. The van der Waals surface area contributed by atoms with Gasteiger partial charge in [0, 0.05) is 35.9 Å². The summed E-state index contributed by atoms with van der Waals surface area (Å²) in [7, 11) is 0. The number of phenolic OH excluding ortho intramolecular Hbond substituents is 7. The van der Waals surface area contributed by atoms with Gasteiger partial charge in [-0.3, -0.25) is 9.59 Å². The maximum Gasteiger partial charge on any atom is 0.193 e. The number of benzene rings is 4. The zero-order valence-corrected chi connectivity index (χ0v) is 27.3. The molecule has 0 bridgehead atoms. The monoisotopic (exact) mass is 670 g/mol. The quantitative estimate of drug-likeness (QED) is 0.0873. The molecule has 6 rings (SSSR count). The van der Waals surface area contributed by atoms with Gasteiger partial charge in [-0.05, 0) is 64.3 Å². The second kappa shape index (κ2) is 14.8. The van der Waals surface area contributed by atoms with E-state index in [1.165, 1.54) is 19.1 Å². The molecule has 0 aromatic heterocycles. The smallest absolute Gasteiger partial charge is 0.193 e. The highest BCUT2D eigenvalue weighted by atomic mass is 16.5. The lowest BCUT2D eigenvalue weighted by molar-refractivity contribution is 0.0997. The van der Waals surface area contributed by atoms with Crippen LogP contribution in [0, 0.1) is 0 Å². The fraction of sp³-hybridized carbons (Fsp3) is 0.211. The Labute approximate surface area is 282 Å². The Hall–Kier alpha value is -6.10. The molecule has 11 nitrogen and oxygen atoms in total. The summed E-state index contributed by atoms with van der Waals surface area (Å²) in [5, 5.41) is 65.5. The Balaban J connectivity index is 0.000000185. The first kappa shape index (κ1) is 35.7. The van der Waals surface area contributed by atoms with Crippen LogP contribution in [0.2, 0.25) is 0 Å². The van der Waals surface area contributed by atoms with Crippen molar-refractivity contribution in [3.05, 3.63) is 101 Å². The van der Waals surface area contributed by atoms with Gasteiger partial charge in [0.15, 0.2) is 11.6 Å². The number of hydrogen-bond acceptors (Lipinski definition) is 11. The number of ketones is 2. The van der Waals surface area contributed by atoms with Crippen molar-refractivity contribution < 1.29 is 54.8 Å². The molecule has 0 saturated carbocycles. The van der Waals surface area contributed by atoms with Crippen LogP contribution in [0.1, 0.15) is 71.5 Å². The first-order chi connectivity index (χ1) is 23.1. The highest BCUT2D eigenvalue weighted by Crippen LogP contribution is 2.44. The molecule has 4 aromatic rings. The van der Waals surface area contributed by atoms with Gasteiger partial charge < -0.3 is 45.2 Å². The molecule has 0 amide bonds. The molecule has 0 saturated heterocycles. The van der Waals surface area contributed by atoms with E-state index < -0.39 is 11.4 Å². The van der Waals surface area contributed by atoms with E-state index in [1.807, 2.05) is 51.1 Å². The maximum atomic E-state index is 12.6. The number of allylic oxidation sites excluding steroid dienone is 1. The maximum absolute atomic E-state index is 12.6. The molecule has 2 heterocycles. The number of fused-ring (bicyclic) bond motifs is 2. The van der Waals surface area contributed by atoms with Gasteiger partial charge in [-0.2, -0.15) is 0 Å². The molecule has 0 spiro atoms. The van der Waals surface area contributed by atoms with E-state index in [1.54, 1.807) is 18.2 Å². The van der Waals surface area contributed by atoms with Crippen LogP contribution in [0.4, 0.5) is 0 Å². The van der Waals surface area contributed by atoms with Crippen molar-refractivity contribution in [3.63, 3.8) is 0 Å². The largest absolute Gasteiger partial charge is 0.508 e. The zero-order chi connectivity index (χ0) is 36.0. The van der Waals surface area contributed by atoms with Crippen molar-refractivity contribution in [1.82, 2.24) is 0 Å². The first-order valence-corrected chi connectivity index (χ1v) is 15.3. The number of phenols is 7. The zero-order valence-electron chi connectivity index (χ0n) is 27.3. The van der Waals surface area contributed by atoms with Gasteiger partial charge in [-0.25, -0.2) is 0 Å².